The number of nitrogens with zero attached hydrogens (tertiary/aromatic N) is 3. The number of rotatable bonds is 4. The summed E-state index contributed by atoms with van der Waals surface area (Å²) < 4.78 is 0. The molecule has 1 aromatic rings. The average Bonchev–Trinajstić information content (AvgIpc) is 3.15. The van der Waals surface area contributed by atoms with Crippen LogP contribution in [-0.2, 0) is 4.79 Å². The second-order valence-electron chi connectivity index (χ2n) is 6.98. The van der Waals surface area contributed by atoms with E-state index in [0.717, 1.165) is 42.4 Å². The predicted molar refractivity (Wildman–Crippen MR) is 106 cm³/mol. The minimum Gasteiger partial charge on any atom is -0.329 e. The van der Waals surface area contributed by atoms with E-state index < -0.39 is 0 Å². The van der Waals surface area contributed by atoms with Crippen molar-refractivity contribution in [3.8, 4) is 0 Å². The van der Waals surface area contributed by atoms with E-state index in [2.05, 4.69) is 40.4 Å². The smallest absolute Gasteiger partial charge is 0.238 e. The number of amides is 1. The van der Waals surface area contributed by atoms with Gasteiger partial charge in [0, 0.05) is 24.0 Å². The number of carbonyl (C=O) groups is 1. The molecule has 3 heterocycles. The summed E-state index contributed by atoms with van der Waals surface area (Å²) in [5, 5.41) is 2.99. The number of allylic oxidation sites excluding steroid dienone is 2. The van der Waals surface area contributed by atoms with Crippen molar-refractivity contribution in [2.75, 3.05) is 31.5 Å². The summed E-state index contributed by atoms with van der Waals surface area (Å²) in [6, 6.07) is 7.95. The maximum Gasteiger partial charge on any atom is 0.238 e. The van der Waals surface area contributed by atoms with Crippen molar-refractivity contribution >= 4 is 23.1 Å². The third-order valence-corrected chi connectivity index (χ3v) is 4.98. The second-order valence-corrected chi connectivity index (χ2v) is 6.98. The van der Waals surface area contributed by atoms with E-state index in [-0.39, 0.29) is 5.91 Å². The number of aliphatic imine (C=N–C) groups is 1. The maximum absolute atomic E-state index is 12.1. The van der Waals surface area contributed by atoms with Gasteiger partial charge in [-0.05, 0) is 62.7 Å². The number of hydrogen-bond donors (Lipinski definition) is 1. The Morgan fingerprint density at radius 2 is 1.96 bits per heavy atom. The zero-order valence-electron chi connectivity index (χ0n) is 15.1. The van der Waals surface area contributed by atoms with Crippen molar-refractivity contribution in [1.82, 2.24) is 9.80 Å². The van der Waals surface area contributed by atoms with Crippen LogP contribution in [0.15, 0.2) is 59.3 Å². The Balaban J connectivity index is 1.41. The lowest BCUT2D eigenvalue weighted by Crippen LogP contribution is -2.31. The van der Waals surface area contributed by atoms with Gasteiger partial charge in [0.25, 0.3) is 0 Å². The van der Waals surface area contributed by atoms with Crippen molar-refractivity contribution < 1.29 is 4.79 Å². The maximum atomic E-state index is 12.1. The van der Waals surface area contributed by atoms with Gasteiger partial charge in [-0.1, -0.05) is 18.2 Å². The molecule has 5 nitrogen and oxygen atoms in total. The van der Waals surface area contributed by atoms with Crippen molar-refractivity contribution in [1.29, 1.82) is 0 Å². The normalized spacial score (nSPS) is 19.6. The fourth-order valence-electron chi connectivity index (χ4n) is 3.56. The number of hydrogen-bond acceptors (Lipinski definition) is 4. The summed E-state index contributed by atoms with van der Waals surface area (Å²) in [5.74, 6) is 1.06. The number of anilines is 1. The first-order valence-corrected chi connectivity index (χ1v) is 9.23. The largest absolute Gasteiger partial charge is 0.329 e. The van der Waals surface area contributed by atoms with E-state index in [9.17, 15) is 4.79 Å². The molecule has 1 aromatic carbocycles. The van der Waals surface area contributed by atoms with Gasteiger partial charge in [0.1, 0.15) is 5.84 Å². The van der Waals surface area contributed by atoms with Crippen molar-refractivity contribution in [2.45, 2.75) is 19.8 Å². The van der Waals surface area contributed by atoms with Crippen LogP contribution in [0.2, 0.25) is 0 Å². The van der Waals surface area contributed by atoms with E-state index in [4.69, 9.17) is 4.99 Å². The molecular weight excluding hydrogens is 324 g/mol. The molecule has 0 atom stereocenters. The van der Waals surface area contributed by atoms with E-state index in [1.54, 1.807) is 0 Å². The number of amidine groups is 1. The van der Waals surface area contributed by atoms with E-state index in [0.29, 0.717) is 6.54 Å². The molecule has 26 heavy (non-hydrogen) atoms. The van der Waals surface area contributed by atoms with Gasteiger partial charge < -0.3 is 10.2 Å². The summed E-state index contributed by atoms with van der Waals surface area (Å²) in [7, 11) is 0. The van der Waals surface area contributed by atoms with Crippen LogP contribution in [0.5, 0.6) is 0 Å². The zero-order valence-corrected chi connectivity index (χ0v) is 15.1. The predicted octanol–water partition coefficient (Wildman–Crippen LogP) is 3.25. The van der Waals surface area contributed by atoms with Crippen molar-refractivity contribution in [3.05, 3.63) is 59.8 Å². The zero-order chi connectivity index (χ0) is 17.9. The topological polar surface area (TPSA) is 47.9 Å². The molecule has 1 amide bonds. The fraction of sp³-hybridized carbons (Fsp3) is 0.333. The van der Waals surface area contributed by atoms with Gasteiger partial charge in [-0.3, -0.25) is 9.69 Å². The Labute approximate surface area is 154 Å². The monoisotopic (exact) mass is 348 g/mol. The Hall–Kier alpha value is -2.66. The molecule has 5 heteroatoms. The molecule has 0 radical (unpaired) electrons. The number of nitrogens with one attached hydrogen (secondary N) is 1. The first kappa shape index (κ1) is 16.8. The number of likely N-dealkylation sites (tertiary alicyclic amines) is 1. The van der Waals surface area contributed by atoms with Gasteiger partial charge in [-0.15, -0.1) is 0 Å². The second kappa shape index (κ2) is 7.30. The molecule has 3 aliphatic heterocycles. The molecule has 1 fully saturated rings. The van der Waals surface area contributed by atoms with Crippen LogP contribution in [0.1, 0.15) is 25.3 Å². The Bertz CT molecular complexity index is 811. The minimum atomic E-state index is 0.0576. The van der Waals surface area contributed by atoms with Crippen LogP contribution < -0.4 is 5.32 Å². The standard InChI is InChI=1S/C21H24N4O/c1-16-5-4-13-25-14-10-19(23-21(16)25)17-6-8-18(9-7-17)22-20(26)15-24-11-2-3-12-24/h4-10,13H,2-3,11-12,14-15H2,1H3,(H,22,26). The van der Waals surface area contributed by atoms with Gasteiger partial charge in [0.15, 0.2) is 0 Å². The highest BCUT2D eigenvalue weighted by molar-refractivity contribution is 6.03. The summed E-state index contributed by atoms with van der Waals surface area (Å²) in [5.41, 5.74) is 4.05. The van der Waals surface area contributed by atoms with Gasteiger partial charge in [-0.25, -0.2) is 4.99 Å². The lowest BCUT2D eigenvalue weighted by atomic mass is 10.1. The quantitative estimate of drug-likeness (QED) is 0.909. The van der Waals surface area contributed by atoms with Crippen molar-refractivity contribution in [2.24, 2.45) is 4.99 Å². The first-order chi connectivity index (χ1) is 12.7. The molecular formula is C21H24N4O. The molecule has 4 rings (SSSR count). The van der Waals surface area contributed by atoms with Crippen molar-refractivity contribution in [3.63, 3.8) is 0 Å². The first-order valence-electron chi connectivity index (χ1n) is 9.23. The molecule has 0 spiro atoms. The van der Waals surface area contributed by atoms with Crippen LogP contribution in [0.3, 0.4) is 0 Å². The highest BCUT2D eigenvalue weighted by atomic mass is 16.2. The van der Waals surface area contributed by atoms with Crippen LogP contribution in [-0.4, -0.2) is 47.7 Å². The highest BCUT2D eigenvalue weighted by Crippen LogP contribution is 2.25. The summed E-state index contributed by atoms with van der Waals surface area (Å²) in [6.45, 7) is 5.44. The Kier molecular flexibility index (Phi) is 4.71. The lowest BCUT2D eigenvalue weighted by Gasteiger charge is -2.28. The number of benzene rings is 1. The van der Waals surface area contributed by atoms with E-state index in [1.165, 1.54) is 18.4 Å². The molecule has 134 valence electrons. The molecule has 0 aromatic heterocycles. The summed E-state index contributed by atoms with van der Waals surface area (Å²) in [6.07, 6.45) is 10.7. The van der Waals surface area contributed by atoms with Crippen LogP contribution in [0.4, 0.5) is 5.69 Å². The molecule has 1 N–H and O–H groups in total. The molecule has 0 saturated carbocycles. The number of carbonyl (C=O) groups excluding carboxylic acids is 1. The molecule has 1 saturated heterocycles. The number of fused-ring (bicyclic) bond motifs is 1. The minimum absolute atomic E-state index is 0.0576. The lowest BCUT2D eigenvalue weighted by molar-refractivity contribution is -0.117. The fourth-order valence-corrected chi connectivity index (χ4v) is 3.56. The van der Waals surface area contributed by atoms with Gasteiger partial charge in [0.2, 0.25) is 5.91 Å². The van der Waals surface area contributed by atoms with Crippen LogP contribution in [0.25, 0.3) is 5.70 Å². The Morgan fingerprint density at radius 1 is 1.19 bits per heavy atom. The van der Waals surface area contributed by atoms with Gasteiger partial charge in [0.05, 0.1) is 12.2 Å². The van der Waals surface area contributed by atoms with Gasteiger partial charge in [-0.2, -0.15) is 0 Å². The molecule has 0 unspecified atom stereocenters. The van der Waals surface area contributed by atoms with Gasteiger partial charge >= 0.3 is 0 Å². The Morgan fingerprint density at radius 3 is 2.73 bits per heavy atom. The molecule has 3 aliphatic rings. The third-order valence-electron chi connectivity index (χ3n) is 4.98. The van der Waals surface area contributed by atoms with E-state index in [1.807, 2.05) is 30.3 Å². The summed E-state index contributed by atoms with van der Waals surface area (Å²) in [4.78, 5) is 21.3. The van der Waals surface area contributed by atoms with Crippen LogP contribution >= 0.6 is 0 Å². The highest BCUT2D eigenvalue weighted by Gasteiger charge is 2.18. The van der Waals surface area contributed by atoms with E-state index >= 15 is 0 Å². The summed E-state index contributed by atoms with van der Waals surface area (Å²) >= 11 is 0. The average molecular weight is 348 g/mol. The van der Waals surface area contributed by atoms with Crippen LogP contribution in [0, 0.1) is 0 Å². The SMILES string of the molecule is CC1=CC=CN2CC=C(c3ccc(NC(=O)CN4CCCC4)cc3)N=C12. The third kappa shape index (κ3) is 3.63. The molecule has 0 bridgehead atoms. The molecule has 0 aliphatic carbocycles.